The van der Waals surface area contributed by atoms with Gasteiger partial charge >= 0.3 is 0 Å². The number of hydrogen-bond donors (Lipinski definition) is 1. The van der Waals surface area contributed by atoms with Crippen molar-refractivity contribution >= 4 is 11.5 Å². The third-order valence-corrected chi connectivity index (χ3v) is 3.23. The fourth-order valence-corrected chi connectivity index (χ4v) is 2.21. The van der Waals surface area contributed by atoms with E-state index in [-0.39, 0.29) is 0 Å². The van der Waals surface area contributed by atoms with Gasteiger partial charge in [-0.2, -0.15) is 0 Å². The highest BCUT2D eigenvalue weighted by atomic mass is 16.5. The molecule has 1 aromatic carbocycles. The lowest BCUT2D eigenvalue weighted by atomic mass is 10.1. The van der Waals surface area contributed by atoms with Crippen molar-refractivity contribution in [3.8, 4) is 22.8 Å². The molecular formula is C15H15N3O2. The molecule has 3 rings (SSSR count). The zero-order chi connectivity index (χ0) is 14.1. The summed E-state index contributed by atoms with van der Waals surface area (Å²) in [6.45, 7) is 0. The van der Waals surface area contributed by atoms with Crippen LogP contribution in [0.5, 0.6) is 11.5 Å². The molecule has 5 nitrogen and oxygen atoms in total. The lowest BCUT2D eigenvalue weighted by molar-refractivity contribution is 0.395. The summed E-state index contributed by atoms with van der Waals surface area (Å²) < 4.78 is 12.5. The van der Waals surface area contributed by atoms with Gasteiger partial charge in [-0.15, -0.1) is 0 Å². The summed E-state index contributed by atoms with van der Waals surface area (Å²) in [5, 5.41) is 0. The van der Waals surface area contributed by atoms with Crippen molar-refractivity contribution in [3.63, 3.8) is 0 Å². The van der Waals surface area contributed by atoms with Crippen LogP contribution in [0.15, 0.2) is 42.6 Å². The maximum atomic E-state index is 6.18. The largest absolute Gasteiger partial charge is 0.497 e. The van der Waals surface area contributed by atoms with E-state index in [0.29, 0.717) is 17.3 Å². The third-order valence-electron chi connectivity index (χ3n) is 3.23. The number of benzene rings is 1. The Hall–Kier alpha value is -2.69. The van der Waals surface area contributed by atoms with Gasteiger partial charge in [-0.25, -0.2) is 4.98 Å². The van der Waals surface area contributed by atoms with Crippen molar-refractivity contribution in [2.24, 2.45) is 0 Å². The predicted octanol–water partition coefficient (Wildman–Crippen LogP) is 2.60. The Balaban J connectivity index is 2.22. The predicted molar refractivity (Wildman–Crippen MR) is 78.1 cm³/mol. The topological polar surface area (TPSA) is 61.8 Å². The minimum absolute atomic E-state index is 0.587. The summed E-state index contributed by atoms with van der Waals surface area (Å²) in [7, 11) is 3.23. The number of nitrogen functional groups attached to an aromatic ring is 1. The summed E-state index contributed by atoms with van der Waals surface area (Å²) in [4.78, 5) is 4.56. The van der Waals surface area contributed by atoms with Crippen LogP contribution < -0.4 is 15.2 Å². The molecule has 102 valence electrons. The second-order valence-electron chi connectivity index (χ2n) is 4.34. The van der Waals surface area contributed by atoms with E-state index in [2.05, 4.69) is 4.98 Å². The molecule has 0 fully saturated rings. The van der Waals surface area contributed by atoms with Crippen LogP contribution in [-0.4, -0.2) is 23.6 Å². The molecule has 0 aliphatic heterocycles. The van der Waals surface area contributed by atoms with Crippen LogP contribution in [0.4, 0.5) is 5.82 Å². The second kappa shape index (κ2) is 4.77. The van der Waals surface area contributed by atoms with Crippen LogP contribution in [-0.2, 0) is 0 Å². The molecule has 2 heterocycles. The number of nitrogens with zero attached hydrogens (tertiary/aromatic N) is 2. The van der Waals surface area contributed by atoms with Crippen LogP contribution in [0, 0.1) is 0 Å². The molecule has 0 spiro atoms. The van der Waals surface area contributed by atoms with Crippen molar-refractivity contribution < 1.29 is 9.47 Å². The van der Waals surface area contributed by atoms with Crippen molar-refractivity contribution in [2.45, 2.75) is 0 Å². The summed E-state index contributed by atoms with van der Waals surface area (Å²) in [5.74, 6) is 2.00. The van der Waals surface area contributed by atoms with Gasteiger partial charge in [-0.3, -0.25) is 4.40 Å². The molecule has 5 heteroatoms. The van der Waals surface area contributed by atoms with Gasteiger partial charge < -0.3 is 15.2 Å². The third kappa shape index (κ3) is 1.84. The molecule has 20 heavy (non-hydrogen) atoms. The fraction of sp³-hybridized carbons (Fsp3) is 0.133. The van der Waals surface area contributed by atoms with E-state index in [1.807, 2.05) is 47.0 Å². The van der Waals surface area contributed by atoms with Crippen molar-refractivity contribution in [3.05, 3.63) is 42.6 Å². The van der Waals surface area contributed by atoms with Gasteiger partial charge in [-0.05, 0) is 24.3 Å². The number of anilines is 1. The molecule has 0 radical (unpaired) electrons. The SMILES string of the molecule is COc1ccc(-c2nc3ccccn3c2N)c(OC)c1. The van der Waals surface area contributed by atoms with Gasteiger partial charge in [0.05, 0.1) is 14.2 Å². The van der Waals surface area contributed by atoms with E-state index in [1.165, 1.54) is 0 Å². The quantitative estimate of drug-likeness (QED) is 0.794. The molecule has 0 bridgehead atoms. The number of ether oxygens (including phenoxy) is 2. The highest BCUT2D eigenvalue weighted by Gasteiger charge is 2.15. The molecule has 3 aromatic rings. The molecule has 2 aromatic heterocycles. The van der Waals surface area contributed by atoms with Gasteiger partial charge in [-0.1, -0.05) is 6.07 Å². The van der Waals surface area contributed by atoms with Crippen molar-refractivity contribution in [1.82, 2.24) is 9.38 Å². The van der Waals surface area contributed by atoms with Crippen LogP contribution in [0.3, 0.4) is 0 Å². The lowest BCUT2D eigenvalue weighted by Gasteiger charge is -2.09. The van der Waals surface area contributed by atoms with E-state index in [4.69, 9.17) is 15.2 Å². The summed E-state index contributed by atoms with van der Waals surface area (Å²) in [6, 6.07) is 11.3. The number of imidazole rings is 1. The zero-order valence-corrected chi connectivity index (χ0v) is 11.3. The van der Waals surface area contributed by atoms with Crippen molar-refractivity contribution in [2.75, 3.05) is 20.0 Å². The zero-order valence-electron chi connectivity index (χ0n) is 11.3. The maximum absolute atomic E-state index is 6.18. The molecule has 0 amide bonds. The van der Waals surface area contributed by atoms with E-state index < -0.39 is 0 Å². The number of methoxy groups -OCH3 is 2. The Labute approximate surface area is 116 Å². The lowest BCUT2D eigenvalue weighted by Crippen LogP contribution is -1.95. The van der Waals surface area contributed by atoms with Crippen LogP contribution in [0.2, 0.25) is 0 Å². The Morgan fingerprint density at radius 1 is 1.10 bits per heavy atom. The number of pyridine rings is 1. The standard InChI is InChI=1S/C15H15N3O2/c1-19-10-6-7-11(12(9-10)20-2)14-15(16)18-8-4-3-5-13(18)17-14/h3-9H,16H2,1-2H3. The minimum Gasteiger partial charge on any atom is -0.497 e. The average Bonchev–Trinajstić information content (AvgIpc) is 2.84. The first-order valence-corrected chi connectivity index (χ1v) is 6.19. The van der Waals surface area contributed by atoms with Crippen LogP contribution >= 0.6 is 0 Å². The molecule has 0 unspecified atom stereocenters. The Morgan fingerprint density at radius 3 is 2.65 bits per heavy atom. The molecule has 2 N–H and O–H groups in total. The van der Waals surface area contributed by atoms with E-state index >= 15 is 0 Å². The fourth-order valence-electron chi connectivity index (χ4n) is 2.21. The van der Waals surface area contributed by atoms with Gasteiger partial charge in [0.1, 0.15) is 28.7 Å². The minimum atomic E-state index is 0.587. The molecular weight excluding hydrogens is 254 g/mol. The van der Waals surface area contributed by atoms with Crippen molar-refractivity contribution in [1.29, 1.82) is 0 Å². The number of aromatic nitrogens is 2. The molecule has 0 saturated carbocycles. The molecule has 0 atom stereocenters. The van der Waals surface area contributed by atoms with E-state index in [1.54, 1.807) is 14.2 Å². The molecule has 0 saturated heterocycles. The number of rotatable bonds is 3. The summed E-state index contributed by atoms with van der Waals surface area (Å²) >= 11 is 0. The van der Waals surface area contributed by atoms with E-state index in [0.717, 1.165) is 17.0 Å². The Bertz CT molecular complexity index is 765. The summed E-state index contributed by atoms with van der Waals surface area (Å²) in [5.41, 5.74) is 8.53. The van der Waals surface area contributed by atoms with E-state index in [9.17, 15) is 0 Å². The normalized spacial score (nSPS) is 10.7. The second-order valence-corrected chi connectivity index (χ2v) is 4.34. The highest BCUT2D eigenvalue weighted by Crippen LogP contribution is 2.35. The summed E-state index contributed by atoms with van der Waals surface area (Å²) in [6.07, 6.45) is 1.89. The smallest absolute Gasteiger partial charge is 0.139 e. The van der Waals surface area contributed by atoms with Crippen LogP contribution in [0.1, 0.15) is 0 Å². The Kier molecular flexibility index (Phi) is 2.95. The maximum Gasteiger partial charge on any atom is 0.139 e. The number of nitrogens with two attached hydrogens (primary N) is 1. The Morgan fingerprint density at radius 2 is 1.95 bits per heavy atom. The number of fused-ring (bicyclic) bond motifs is 1. The van der Waals surface area contributed by atoms with Gasteiger partial charge in [0.2, 0.25) is 0 Å². The first kappa shape index (κ1) is 12.3. The average molecular weight is 269 g/mol. The molecule has 0 aliphatic rings. The number of hydrogen-bond acceptors (Lipinski definition) is 4. The van der Waals surface area contributed by atoms with Gasteiger partial charge in [0.15, 0.2) is 0 Å². The molecule has 0 aliphatic carbocycles. The van der Waals surface area contributed by atoms with Gasteiger partial charge in [0.25, 0.3) is 0 Å². The van der Waals surface area contributed by atoms with Crippen LogP contribution in [0.25, 0.3) is 16.9 Å². The highest BCUT2D eigenvalue weighted by molar-refractivity contribution is 5.79. The van der Waals surface area contributed by atoms with Gasteiger partial charge in [0, 0.05) is 17.8 Å². The first-order chi connectivity index (χ1) is 9.74. The monoisotopic (exact) mass is 269 g/mol. The first-order valence-electron chi connectivity index (χ1n) is 6.19.